The average molecular weight is 1560 g/mol. The zero-order chi connectivity index (χ0) is 79.2. The summed E-state index contributed by atoms with van der Waals surface area (Å²) in [4.78, 5) is 104. The molecule has 0 aliphatic carbocycles. The van der Waals surface area contributed by atoms with Gasteiger partial charge in [-0.3, -0.25) is 51.6 Å². The first-order valence-corrected chi connectivity index (χ1v) is 39.8. The van der Waals surface area contributed by atoms with Crippen molar-refractivity contribution in [2.75, 3.05) is 146 Å². The highest BCUT2D eigenvalue weighted by atomic mass is 16.5. The summed E-state index contributed by atoms with van der Waals surface area (Å²) < 4.78 is 33.9. The maximum absolute atomic E-state index is 12.9. The van der Waals surface area contributed by atoms with Gasteiger partial charge in [0.2, 0.25) is 0 Å². The minimum absolute atomic E-state index is 0.0785. The maximum Gasteiger partial charge on any atom is 0.258 e. The minimum atomic E-state index is -0.149. The summed E-state index contributed by atoms with van der Waals surface area (Å²) in [6.45, 7) is 22.0. The predicted octanol–water partition coefficient (Wildman–Crippen LogP) is 10.3. The van der Waals surface area contributed by atoms with Gasteiger partial charge < -0.3 is 52.5 Å². The first-order valence-electron chi connectivity index (χ1n) is 39.8. The summed E-state index contributed by atoms with van der Waals surface area (Å²) in [5.74, 6) is 2.94. The molecular formula is C87H90N20O9. The van der Waals surface area contributed by atoms with Crippen LogP contribution in [0, 0.1) is 20.8 Å². The lowest BCUT2D eigenvalue weighted by molar-refractivity contribution is 0.231. The molecule has 1 N–H and O–H groups in total. The van der Waals surface area contributed by atoms with Gasteiger partial charge in [-0.05, 0) is 144 Å². The first kappa shape index (κ1) is 74.7. The Balaban J connectivity index is 0.000000107. The molecule has 0 saturated carbocycles. The first-order chi connectivity index (χ1) is 56.5. The Hall–Kier alpha value is -12.7. The van der Waals surface area contributed by atoms with Gasteiger partial charge in [0, 0.05) is 190 Å². The molecule has 6 saturated heterocycles. The zero-order valence-corrected chi connectivity index (χ0v) is 65.8. The molecule has 6 aliphatic rings. The SMILES string of the molecule is COc1cnc(-c2cc(=O)n3cc(N4CCNCC4)ccc3n2)cc1OC.Cc1nc2ccc(-c3cc(=O)n4cc(N5CCCN(C)CC5)ccc4n3)cc2o1.Cc1nc2ccc(-c3cc(=O)n4cc(N5CCN6CCC[C@@H]6C5)ccc4n3)cc2o1.Cc1nc2ccc(-c3cc(=O)n4cc(N5CCN6CCC[C@H]6C5)ccc4n3)cc2o1. The number of aryl methyl sites for hydroxylation is 3. The Labute approximate surface area is 666 Å². The van der Waals surface area contributed by atoms with Crippen molar-refractivity contribution in [1.82, 2.24) is 77.5 Å². The molecule has 29 nitrogen and oxygen atoms in total. The highest BCUT2D eigenvalue weighted by Gasteiger charge is 2.33. The molecule has 0 radical (unpaired) electrons. The molecule has 6 fully saturated rings. The van der Waals surface area contributed by atoms with Gasteiger partial charge in [-0.1, -0.05) is 18.2 Å². The van der Waals surface area contributed by atoms with Crippen molar-refractivity contribution in [1.29, 1.82) is 0 Å². The van der Waals surface area contributed by atoms with E-state index in [-0.39, 0.29) is 22.2 Å². The minimum Gasteiger partial charge on any atom is -0.493 e. The lowest BCUT2D eigenvalue weighted by atomic mass is 10.1. The number of oxazole rings is 3. The maximum atomic E-state index is 12.9. The molecule has 6 aliphatic heterocycles. The smallest absolute Gasteiger partial charge is 0.258 e. The van der Waals surface area contributed by atoms with E-state index in [0.717, 1.165) is 154 Å². The third kappa shape index (κ3) is 15.5. The Kier molecular flexibility index (Phi) is 20.6. The van der Waals surface area contributed by atoms with Crippen LogP contribution < -0.4 is 56.6 Å². The van der Waals surface area contributed by atoms with Crippen LogP contribution in [0.15, 0.2) is 197 Å². The van der Waals surface area contributed by atoms with Crippen LogP contribution >= 0.6 is 0 Å². The number of rotatable bonds is 10. The molecule has 3 aromatic carbocycles. The number of hydrogen-bond acceptors (Lipinski definition) is 25. The highest BCUT2D eigenvalue weighted by molar-refractivity contribution is 5.82. The number of nitrogens with zero attached hydrogens (tertiary/aromatic N) is 19. The standard InChI is InChI=1S/2C23H23N5O2.C22H23N5O2.C19H21N5O3/c2*1-15-24-19-6-4-16(11-21(19)30-15)20-12-23(29)28-14-18(5-7-22(28)25-20)27-10-9-26-8-2-3-17(26)13-27;1-15-23-18-6-4-16(12-20(18)29-15)19-13-22(28)27-14-17(5-7-21(27)24-19)26-9-3-8-25(2)10-11-26;1-26-16-9-14(21-11-17(16)27-2)15-10-19(25)24-12-13(3-4-18(24)22-15)23-7-5-20-6-8-23/h2*4-7,11-12,14,17H,2-3,8-10,13H2,1H3;4-7,12-14H,3,8-11H2,1-2H3;3-4,9-12,20H,5-8H2,1-2H3/t2*17-;;/m10../s1. The molecule has 0 spiro atoms. The number of ether oxygens (including phenoxy) is 2. The molecule has 15 aromatic rings. The second kappa shape index (κ2) is 31.9. The Bertz CT molecular complexity index is 6280. The molecule has 2 atom stereocenters. The van der Waals surface area contributed by atoms with Gasteiger partial charge in [0.25, 0.3) is 22.2 Å². The summed E-state index contributed by atoms with van der Waals surface area (Å²) in [6, 6.07) is 42.3. The second-order valence-electron chi connectivity index (χ2n) is 30.5. The number of methoxy groups -OCH3 is 2. The Morgan fingerprint density at radius 3 is 1.18 bits per heavy atom. The van der Waals surface area contributed by atoms with E-state index >= 15 is 0 Å². The molecular weight excluding hydrogens is 1470 g/mol. The molecule has 0 unspecified atom stereocenters. The zero-order valence-electron chi connectivity index (χ0n) is 65.8. The fourth-order valence-corrected chi connectivity index (χ4v) is 16.8. The average Bonchev–Trinajstić information content (AvgIpc) is 1.19. The molecule has 18 heterocycles. The van der Waals surface area contributed by atoms with Crippen LogP contribution in [0.4, 0.5) is 22.7 Å². The van der Waals surface area contributed by atoms with Crippen LogP contribution in [0.1, 0.15) is 49.8 Å². The number of fused-ring (bicyclic) bond motifs is 9. The molecule has 116 heavy (non-hydrogen) atoms. The topological polar surface area (TPSA) is 282 Å². The van der Waals surface area contributed by atoms with Gasteiger partial charge in [0.15, 0.2) is 45.9 Å². The van der Waals surface area contributed by atoms with Crippen molar-refractivity contribution in [2.24, 2.45) is 0 Å². The molecule has 12 aromatic heterocycles. The van der Waals surface area contributed by atoms with E-state index in [4.69, 9.17) is 37.7 Å². The highest BCUT2D eigenvalue weighted by Crippen LogP contribution is 2.34. The number of anilines is 4. The predicted molar refractivity (Wildman–Crippen MR) is 448 cm³/mol. The van der Waals surface area contributed by atoms with Crippen LogP contribution in [0.2, 0.25) is 0 Å². The second-order valence-corrected chi connectivity index (χ2v) is 30.5. The van der Waals surface area contributed by atoms with E-state index in [1.807, 2.05) is 130 Å². The molecule has 592 valence electrons. The normalized spacial score (nSPS) is 17.5. The molecule has 29 heteroatoms. The van der Waals surface area contributed by atoms with E-state index < -0.39 is 0 Å². The number of benzene rings is 3. The van der Waals surface area contributed by atoms with Crippen molar-refractivity contribution in [3.05, 3.63) is 224 Å². The van der Waals surface area contributed by atoms with Crippen molar-refractivity contribution < 1.29 is 22.7 Å². The van der Waals surface area contributed by atoms with Crippen LogP contribution in [0.25, 0.3) is 101 Å². The van der Waals surface area contributed by atoms with Crippen molar-refractivity contribution >= 4 is 78.6 Å². The van der Waals surface area contributed by atoms with E-state index in [9.17, 15) is 19.2 Å². The van der Waals surface area contributed by atoms with Gasteiger partial charge in [-0.15, -0.1) is 0 Å². The lowest BCUT2D eigenvalue weighted by Crippen LogP contribution is -2.50. The monoisotopic (exact) mass is 1560 g/mol. The Morgan fingerprint density at radius 1 is 0.371 bits per heavy atom. The number of nitrogens with one attached hydrogen (secondary N) is 1. The van der Waals surface area contributed by atoms with Crippen molar-refractivity contribution in [3.63, 3.8) is 0 Å². The van der Waals surface area contributed by atoms with Crippen LogP contribution in [-0.2, 0) is 0 Å². The summed E-state index contributed by atoms with van der Waals surface area (Å²) >= 11 is 0. The van der Waals surface area contributed by atoms with E-state index in [2.05, 4.69) is 89.8 Å². The van der Waals surface area contributed by atoms with E-state index in [0.29, 0.717) is 109 Å². The fraction of sp³-hybridized carbons (Fsp3) is 0.333. The fourth-order valence-electron chi connectivity index (χ4n) is 16.8. The number of likely N-dealkylation sites (N-methyl/N-ethyl adjacent to an activating group) is 1. The summed E-state index contributed by atoms with van der Waals surface area (Å²) in [5.41, 5.74) is 16.4. The number of hydrogen-bond donors (Lipinski definition) is 1. The summed E-state index contributed by atoms with van der Waals surface area (Å²) in [5, 5.41) is 3.33. The quantitative estimate of drug-likeness (QED) is 0.133. The van der Waals surface area contributed by atoms with Crippen LogP contribution in [-0.4, -0.2) is 210 Å². The van der Waals surface area contributed by atoms with Crippen molar-refractivity contribution in [3.8, 4) is 56.7 Å². The van der Waals surface area contributed by atoms with Gasteiger partial charge in [-0.2, -0.15) is 0 Å². The molecule has 0 bridgehead atoms. The largest absolute Gasteiger partial charge is 0.493 e. The summed E-state index contributed by atoms with van der Waals surface area (Å²) in [6.07, 6.45) is 15.4. The molecule has 21 rings (SSSR count). The third-order valence-electron chi connectivity index (χ3n) is 23.0. The lowest BCUT2D eigenvalue weighted by Gasteiger charge is -2.38. The third-order valence-corrected chi connectivity index (χ3v) is 23.0. The van der Waals surface area contributed by atoms with Gasteiger partial charge in [0.1, 0.15) is 39.1 Å². The number of pyridine rings is 5. The van der Waals surface area contributed by atoms with Crippen LogP contribution in [0.5, 0.6) is 11.5 Å². The van der Waals surface area contributed by atoms with Gasteiger partial charge >= 0.3 is 0 Å². The summed E-state index contributed by atoms with van der Waals surface area (Å²) in [7, 11) is 5.26. The van der Waals surface area contributed by atoms with Crippen molar-refractivity contribution in [2.45, 2.75) is 65.0 Å². The van der Waals surface area contributed by atoms with Crippen LogP contribution in [0.3, 0.4) is 0 Å². The van der Waals surface area contributed by atoms with E-state index in [1.54, 1.807) is 62.3 Å². The van der Waals surface area contributed by atoms with Gasteiger partial charge in [0.05, 0.1) is 71.6 Å². The van der Waals surface area contributed by atoms with Gasteiger partial charge in [-0.25, -0.2) is 34.9 Å². The van der Waals surface area contributed by atoms with E-state index in [1.165, 1.54) is 44.8 Å². The molecule has 0 amide bonds. The number of piperazine rings is 3. The number of aromatic nitrogens is 12. The Morgan fingerprint density at radius 2 is 0.759 bits per heavy atom.